The van der Waals surface area contributed by atoms with Crippen molar-refractivity contribution in [3.8, 4) is 0 Å². The van der Waals surface area contributed by atoms with Crippen molar-refractivity contribution in [2.75, 3.05) is 12.9 Å². The minimum Gasteiger partial charge on any atom is -0.481 e. The molecule has 108 valence electrons. The van der Waals surface area contributed by atoms with Gasteiger partial charge in [-0.25, -0.2) is 4.98 Å². The lowest BCUT2D eigenvalue weighted by Gasteiger charge is -2.24. The molecule has 1 aromatic heterocycles. The number of carbonyl (C=O) groups is 1. The molecule has 2 aromatic rings. The Morgan fingerprint density at radius 3 is 2.80 bits per heavy atom. The van der Waals surface area contributed by atoms with Crippen LogP contribution in [-0.4, -0.2) is 39.1 Å². The van der Waals surface area contributed by atoms with Gasteiger partial charge in [-0.2, -0.15) is 0 Å². The number of aromatic nitrogens is 2. The molecule has 0 bridgehead atoms. The van der Waals surface area contributed by atoms with E-state index in [1.807, 2.05) is 42.7 Å². The van der Waals surface area contributed by atoms with Crippen LogP contribution >= 0.6 is 11.8 Å². The van der Waals surface area contributed by atoms with E-state index in [1.165, 1.54) is 11.8 Å². The van der Waals surface area contributed by atoms with Crippen LogP contribution in [0.3, 0.4) is 0 Å². The van der Waals surface area contributed by atoms with E-state index < -0.39 is 5.97 Å². The zero-order valence-corrected chi connectivity index (χ0v) is 12.6. The Labute approximate surface area is 121 Å². The third-order valence-corrected chi connectivity index (χ3v) is 4.00. The van der Waals surface area contributed by atoms with E-state index in [2.05, 4.69) is 4.98 Å². The average molecular weight is 294 g/mol. The molecule has 0 fully saturated rings. The van der Waals surface area contributed by atoms with Crippen LogP contribution in [0.2, 0.25) is 0 Å². The Hall–Kier alpha value is -1.53. The number of rotatable bonds is 6. The summed E-state index contributed by atoms with van der Waals surface area (Å²) in [7, 11) is 1.67. The molecule has 6 heteroatoms. The number of imidazole rings is 1. The van der Waals surface area contributed by atoms with E-state index in [9.17, 15) is 4.79 Å². The summed E-state index contributed by atoms with van der Waals surface area (Å²) >= 11 is 1.23. The number of benzene rings is 1. The van der Waals surface area contributed by atoms with Gasteiger partial charge in [-0.05, 0) is 26.0 Å². The molecule has 0 radical (unpaired) electrons. The third-order valence-electron chi connectivity index (χ3n) is 3.04. The van der Waals surface area contributed by atoms with Gasteiger partial charge >= 0.3 is 5.97 Å². The van der Waals surface area contributed by atoms with Crippen molar-refractivity contribution < 1.29 is 14.6 Å². The lowest BCUT2D eigenvalue weighted by Crippen LogP contribution is -2.29. The highest BCUT2D eigenvalue weighted by molar-refractivity contribution is 7.99. The summed E-state index contributed by atoms with van der Waals surface area (Å²) in [5.74, 6) is -0.851. The van der Waals surface area contributed by atoms with Crippen molar-refractivity contribution >= 4 is 28.8 Å². The fourth-order valence-electron chi connectivity index (χ4n) is 1.89. The van der Waals surface area contributed by atoms with E-state index in [1.54, 1.807) is 7.11 Å². The van der Waals surface area contributed by atoms with Crippen molar-refractivity contribution in [1.29, 1.82) is 0 Å². The number of carboxylic acids is 1. The number of thioether (sulfide) groups is 1. The van der Waals surface area contributed by atoms with Crippen molar-refractivity contribution in [1.82, 2.24) is 9.55 Å². The lowest BCUT2D eigenvalue weighted by molar-refractivity contribution is -0.133. The largest absolute Gasteiger partial charge is 0.481 e. The first-order valence-electron chi connectivity index (χ1n) is 6.28. The zero-order chi connectivity index (χ0) is 14.8. The van der Waals surface area contributed by atoms with Gasteiger partial charge in [0.2, 0.25) is 0 Å². The van der Waals surface area contributed by atoms with E-state index in [0.29, 0.717) is 11.7 Å². The Bertz CT molecular complexity index is 622. The predicted molar refractivity (Wildman–Crippen MR) is 79.2 cm³/mol. The first-order valence-corrected chi connectivity index (χ1v) is 7.26. The maximum Gasteiger partial charge on any atom is 0.313 e. The molecule has 0 aliphatic rings. The summed E-state index contributed by atoms with van der Waals surface area (Å²) in [6.45, 7) is 4.60. The minimum absolute atomic E-state index is 0.00324. The molecule has 0 saturated carbocycles. The molecule has 1 N–H and O–H groups in total. The van der Waals surface area contributed by atoms with Crippen molar-refractivity contribution in [3.63, 3.8) is 0 Å². The van der Waals surface area contributed by atoms with Crippen LogP contribution in [-0.2, 0) is 16.1 Å². The number of carboxylic acid groups (broad SMARTS) is 1. The molecule has 2 rings (SSSR count). The van der Waals surface area contributed by atoms with Gasteiger partial charge in [0.1, 0.15) is 0 Å². The Morgan fingerprint density at radius 2 is 2.15 bits per heavy atom. The molecule has 0 aliphatic heterocycles. The van der Waals surface area contributed by atoms with Crippen LogP contribution in [0.4, 0.5) is 0 Å². The van der Waals surface area contributed by atoms with Gasteiger partial charge in [0.25, 0.3) is 0 Å². The molecule has 5 nitrogen and oxygen atoms in total. The summed E-state index contributed by atoms with van der Waals surface area (Å²) < 4.78 is 7.49. The summed E-state index contributed by atoms with van der Waals surface area (Å²) in [6.07, 6.45) is 0. The standard InChI is InChI=1S/C14H18N2O3S/c1-14(2,19-3)9-16-11-7-5-4-6-10(11)15-13(16)20-8-12(17)18/h4-7H,8-9H2,1-3H3,(H,17,18). The molecule has 0 atom stereocenters. The molecule has 1 aromatic carbocycles. The molecule has 20 heavy (non-hydrogen) atoms. The van der Waals surface area contributed by atoms with Crippen LogP contribution in [0.15, 0.2) is 29.4 Å². The average Bonchev–Trinajstić information content (AvgIpc) is 2.74. The second-order valence-corrected chi connectivity index (χ2v) is 6.06. The van der Waals surface area contributed by atoms with E-state index in [4.69, 9.17) is 9.84 Å². The maximum atomic E-state index is 10.8. The van der Waals surface area contributed by atoms with E-state index >= 15 is 0 Å². The van der Waals surface area contributed by atoms with Crippen LogP contribution in [0.25, 0.3) is 11.0 Å². The van der Waals surface area contributed by atoms with Gasteiger partial charge < -0.3 is 14.4 Å². The van der Waals surface area contributed by atoms with Gasteiger partial charge in [-0.1, -0.05) is 23.9 Å². The number of fused-ring (bicyclic) bond motifs is 1. The van der Waals surface area contributed by atoms with Gasteiger partial charge in [-0.15, -0.1) is 0 Å². The summed E-state index contributed by atoms with van der Waals surface area (Å²) in [5, 5.41) is 9.54. The Morgan fingerprint density at radius 1 is 1.45 bits per heavy atom. The van der Waals surface area contributed by atoms with Crippen molar-refractivity contribution in [2.45, 2.75) is 31.1 Å². The first kappa shape index (κ1) is 14.9. The number of ether oxygens (including phenoxy) is 1. The number of hydrogen-bond donors (Lipinski definition) is 1. The van der Waals surface area contributed by atoms with Crippen LogP contribution in [0, 0.1) is 0 Å². The number of nitrogens with zero attached hydrogens (tertiary/aromatic N) is 2. The quantitative estimate of drug-likeness (QED) is 0.830. The highest BCUT2D eigenvalue weighted by Crippen LogP contribution is 2.26. The summed E-state index contributed by atoms with van der Waals surface area (Å²) in [4.78, 5) is 15.3. The normalized spacial score (nSPS) is 11.9. The highest BCUT2D eigenvalue weighted by Gasteiger charge is 2.21. The molecule has 1 heterocycles. The highest BCUT2D eigenvalue weighted by atomic mass is 32.2. The van der Waals surface area contributed by atoms with Gasteiger partial charge in [0.15, 0.2) is 5.16 Å². The Kier molecular flexibility index (Phi) is 4.35. The summed E-state index contributed by atoms with van der Waals surface area (Å²) in [6, 6.07) is 7.79. The van der Waals surface area contributed by atoms with Crippen LogP contribution < -0.4 is 0 Å². The van der Waals surface area contributed by atoms with Gasteiger partial charge in [0, 0.05) is 7.11 Å². The number of aliphatic carboxylic acids is 1. The maximum absolute atomic E-state index is 10.8. The number of hydrogen-bond acceptors (Lipinski definition) is 4. The number of para-hydroxylation sites is 2. The molecule has 0 aliphatic carbocycles. The SMILES string of the molecule is COC(C)(C)Cn1c(SCC(=O)O)nc2ccccc21. The van der Waals surface area contributed by atoms with Gasteiger partial charge in [-0.3, -0.25) is 4.79 Å². The van der Waals surface area contributed by atoms with Crippen molar-refractivity contribution in [3.05, 3.63) is 24.3 Å². The smallest absolute Gasteiger partial charge is 0.313 e. The molecular formula is C14H18N2O3S. The third kappa shape index (κ3) is 3.32. The van der Waals surface area contributed by atoms with Crippen molar-refractivity contribution in [2.24, 2.45) is 0 Å². The van der Waals surface area contributed by atoms with Gasteiger partial charge in [0.05, 0.1) is 28.9 Å². The minimum atomic E-state index is -0.848. The molecule has 0 unspecified atom stereocenters. The Balaban J connectivity index is 2.41. The molecule has 0 amide bonds. The zero-order valence-electron chi connectivity index (χ0n) is 11.8. The molecule has 0 saturated heterocycles. The lowest BCUT2D eigenvalue weighted by atomic mass is 10.1. The predicted octanol–water partition coefficient (Wildman–Crippen LogP) is 2.64. The topological polar surface area (TPSA) is 64.3 Å². The first-order chi connectivity index (χ1) is 9.43. The molecular weight excluding hydrogens is 276 g/mol. The monoisotopic (exact) mass is 294 g/mol. The van der Waals surface area contributed by atoms with Crippen LogP contribution in [0.1, 0.15) is 13.8 Å². The fourth-order valence-corrected chi connectivity index (χ4v) is 2.62. The fraction of sp³-hybridized carbons (Fsp3) is 0.429. The van der Waals surface area contributed by atoms with Crippen LogP contribution in [0.5, 0.6) is 0 Å². The second-order valence-electron chi connectivity index (χ2n) is 5.12. The molecule has 0 spiro atoms. The van der Waals surface area contributed by atoms with E-state index in [-0.39, 0.29) is 11.4 Å². The van der Waals surface area contributed by atoms with E-state index in [0.717, 1.165) is 11.0 Å². The second kappa shape index (κ2) is 5.85. The summed E-state index contributed by atoms with van der Waals surface area (Å²) in [5.41, 5.74) is 1.51. The number of methoxy groups -OCH3 is 1.